The van der Waals surface area contributed by atoms with E-state index >= 15 is 0 Å². The number of carboxylic acids is 1. The Balaban J connectivity index is 1.66. The van der Waals surface area contributed by atoms with E-state index in [1.54, 1.807) is 0 Å². The van der Waals surface area contributed by atoms with Gasteiger partial charge < -0.3 is 5.11 Å². The third-order valence-electron chi connectivity index (χ3n) is 7.50. The summed E-state index contributed by atoms with van der Waals surface area (Å²) in [7, 11) is 0. The first kappa shape index (κ1) is 23.4. The summed E-state index contributed by atoms with van der Waals surface area (Å²) in [6.07, 6.45) is 8.96. The van der Waals surface area contributed by atoms with Crippen LogP contribution in [0.1, 0.15) is 80.7 Å². The van der Waals surface area contributed by atoms with Gasteiger partial charge in [-0.05, 0) is 103 Å². The Kier molecular flexibility index (Phi) is 6.56. The van der Waals surface area contributed by atoms with Crippen molar-refractivity contribution in [1.82, 2.24) is 0 Å². The summed E-state index contributed by atoms with van der Waals surface area (Å²) < 4.78 is 29.6. The molecule has 3 fully saturated rings. The summed E-state index contributed by atoms with van der Waals surface area (Å²) >= 11 is 0. The fraction of sp³-hybridized carbons (Fsp3) is 0.414. The number of halogens is 2. The van der Waals surface area contributed by atoms with Gasteiger partial charge in [-0.1, -0.05) is 44.0 Å². The number of aliphatic carboxylic acids is 1. The molecule has 0 atom stereocenters. The van der Waals surface area contributed by atoms with Gasteiger partial charge in [0, 0.05) is 11.6 Å². The second kappa shape index (κ2) is 9.24. The van der Waals surface area contributed by atoms with Gasteiger partial charge in [0.05, 0.1) is 0 Å². The van der Waals surface area contributed by atoms with Gasteiger partial charge in [-0.25, -0.2) is 13.6 Å². The first-order valence-electron chi connectivity index (χ1n) is 12.0. The van der Waals surface area contributed by atoms with Crippen LogP contribution in [0.5, 0.6) is 0 Å². The topological polar surface area (TPSA) is 37.3 Å². The molecule has 0 radical (unpaired) electrons. The highest BCUT2D eigenvalue weighted by atomic mass is 19.1. The number of hydrogen-bond donors (Lipinski definition) is 1. The van der Waals surface area contributed by atoms with Crippen molar-refractivity contribution in [2.24, 2.45) is 5.92 Å². The molecule has 2 aromatic carbocycles. The van der Waals surface area contributed by atoms with Crippen molar-refractivity contribution in [3.63, 3.8) is 0 Å². The summed E-state index contributed by atoms with van der Waals surface area (Å²) in [6, 6.07) is 9.27. The number of hydrogen-bond acceptors (Lipinski definition) is 1. The zero-order chi connectivity index (χ0) is 23.8. The molecule has 2 aromatic rings. The normalized spacial score (nSPS) is 22.0. The van der Waals surface area contributed by atoms with Crippen LogP contribution in [0.25, 0.3) is 11.6 Å². The van der Waals surface area contributed by atoms with Crippen LogP contribution >= 0.6 is 0 Å². The number of allylic oxidation sites excluding steroid dienone is 2. The monoisotopic (exact) mass is 450 g/mol. The van der Waals surface area contributed by atoms with Crippen LogP contribution in [0.4, 0.5) is 8.78 Å². The fourth-order valence-electron chi connectivity index (χ4n) is 5.60. The summed E-state index contributed by atoms with van der Waals surface area (Å²) in [6.45, 7) is 6.27. The Morgan fingerprint density at radius 3 is 2.30 bits per heavy atom. The molecule has 0 aromatic heterocycles. The van der Waals surface area contributed by atoms with Gasteiger partial charge >= 0.3 is 5.97 Å². The second-order valence-corrected chi connectivity index (χ2v) is 9.80. The summed E-state index contributed by atoms with van der Waals surface area (Å²) in [5.41, 5.74) is 6.76. The Hall–Kier alpha value is -2.75. The molecule has 5 rings (SSSR count). The predicted octanol–water partition coefficient (Wildman–Crippen LogP) is 7.49. The average Bonchev–Trinajstić information content (AvgIpc) is 2.71. The van der Waals surface area contributed by atoms with E-state index in [1.807, 2.05) is 6.92 Å². The van der Waals surface area contributed by atoms with E-state index in [-0.39, 0.29) is 17.5 Å². The quantitative estimate of drug-likeness (QED) is 0.402. The van der Waals surface area contributed by atoms with Crippen LogP contribution in [-0.4, -0.2) is 11.1 Å². The predicted molar refractivity (Wildman–Crippen MR) is 129 cm³/mol. The molecule has 4 heteroatoms. The molecule has 2 bridgehead atoms. The Morgan fingerprint density at radius 1 is 1.12 bits per heavy atom. The van der Waals surface area contributed by atoms with Gasteiger partial charge in [0.2, 0.25) is 0 Å². The van der Waals surface area contributed by atoms with Crippen molar-refractivity contribution < 1.29 is 18.7 Å². The third-order valence-corrected chi connectivity index (χ3v) is 7.50. The smallest absolute Gasteiger partial charge is 0.328 e. The molecule has 3 aliphatic rings. The highest BCUT2D eigenvalue weighted by Crippen LogP contribution is 2.65. The minimum atomic E-state index is -1.16. The lowest BCUT2D eigenvalue weighted by molar-refractivity contribution is -0.131. The molecule has 0 aliphatic heterocycles. The first-order valence-corrected chi connectivity index (χ1v) is 12.0. The number of rotatable bonds is 9. The summed E-state index contributed by atoms with van der Waals surface area (Å²) in [4.78, 5) is 10.7. The molecule has 1 N–H and O–H groups in total. The van der Waals surface area contributed by atoms with E-state index < -0.39 is 17.6 Å². The lowest BCUT2D eigenvalue weighted by atomic mass is 9.42. The van der Waals surface area contributed by atoms with Crippen LogP contribution in [0, 0.1) is 17.6 Å². The van der Waals surface area contributed by atoms with Gasteiger partial charge in [0.25, 0.3) is 0 Å². The highest BCUT2D eigenvalue weighted by Gasteiger charge is 2.57. The molecule has 0 spiro atoms. The van der Waals surface area contributed by atoms with Crippen molar-refractivity contribution in [3.8, 4) is 0 Å². The number of carboxylic acid groups (broad SMARTS) is 1. The molecule has 0 heterocycles. The Morgan fingerprint density at radius 2 is 1.79 bits per heavy atom. The molecule has 33 heavy (non-hydrogen) atoms. The van der Waals surface area contributed by atoms with E-state index in [4.69, 9.17) is 5.11 Å². The van der Waals surface area contributed by atoms with Gasteiger partial charge in [-0.2, -0.15) is 0 Å². The zero-order valence-electron chi connectivity index (χ0n) is 19.7. The molecule has 0 amide bonds. The maximum atomic E-state index is 14.8. The number of aryl methyl sites for hydroxylation is 1. The summed E-state index contributed by atoms with van der Waals surface area (Å²) in [5, 5.41) is 8.75. The molecule has 0 saturated heterocycles. The number of benzene rings is 2. The van der Waals surface area contributed by atoms with Gasteiger partial charge in [-0.15, -0.1) is 0 Å². The minimum absolute atomic E-state index is 0.0251. The Bertz CT molecular complexity index is 1100. The highest BCUT2D eigenvalue weighted by molar-refractivity contribution is 5.85. The van der Waals surface area contributed by atoms with Crippen LogP contribution in [-0.2, 0) is 23.1 Å². The molecular formula is C29H32F2O2. The van der Waals surface area contributed by atoms with Gasteiger partial charge in [0.1, 0.15) is 11.6 Å². The Labute approximate surface area is 195 Å². The fourth-order valence-corrected chi connectivity index (χ4v) is 5.60. The van der Waals surface area contributed by atoms with Crippen molar-refractivity contribution >= 4 is 17.6 Å². The van der Waals surface area contributed by atoms with Crippen molar-refractivity contribution in [1.29, 1.82) is 0 Å². The van der Waals surface area contributed by atoms with Gasteiger partial charge in [0.15, 0.2) is 0 Å². The summed E-state index contributed by atoms with van der Waals surface area (Å²) in [5.74, 6) is -1.52. The van der Waals surface area contributed by atoms with Crippen molar-refractivity contribution in [3.05, 3.63) is 81.4 Å². The lowest BCUT2D eigenvalue weighted by Gasteiger charge is -2.62. The molecule has 3 saturated carbocycles. The largest absolute Gasteiger partial charge is 0.478 e. The van der Waals surface area contributed by atoms with E-state index in [9.17, 15) is 13.6 Å². The first-order chi connectivity index (χ1) is 15.8. The van der Waals surface area contributed by atoms with Crippen LogP contribution in [0.15, 0.2) is 42.0 Å². The van der Waals surface area contributed by atoms with E-state index in [1.165, 1.54) is 59.7 Å². The maximum Gasteiger partial charge on any atom is 0.328 e. The molecule has 174 valence electrons. The van der Waals surface area contributed by atoms with Crippen LogP contribution in [0.2, 0.25) is 0 Å². The van der Waals surface area contributed by atoms with Crippen LogP contribution < -0.4 is 0 Å². The van der Waals surface area contributed by atoms with E-state index in [0.717, 1.165) is 36.8 Å². The molecule has 3 aliphatic carbocycles. The SMILES string of the molecule is CCC/C(=C(/C)Cc1c(F)cc(/C=C/C(=O)O)cc1F)c1ccc(C23CC(C2)C3)cc1CC. The lowest BCUT2D eigenvalue weighted by Crippen LogP contribution is -2.55. The zero-order valence-corrected chi connectivity index (χ0v) is 19.7. The van der Waals surface area contributed by atoms with E-state index in [0.29, 0.717) is 5.41 Å². The average molecular weight is 451 g/mol. The standard InChI is InChI=1S/C29H32F2O2/c1-4-6-23(24-9-8-22(14-21(24)5-2)29-15-20(16-29)17-29)18(3)11-25-26(30)12-19(13-27(25)31)7-10-28(32)33/h7-10,12-14,20H,4-6,11,15-17H2,1-3H3,(H,32,33)/b10-7+,23-18+. The van der Waals surface area contributed by atoms with Crippen molar-refractivity contribution in [2.75, 3.05) is 0 Å². The number of carbonyl (C=O) groups is 1. The molecule has 2 nitrogen and oxygen atoms in total. The minimum Gasteiger partial charge on any atom is -0.478 e. The maximum absolute atomic E-state index is 14.8. The van der Waals surface area contributed by atoms with Crippen molar-refractivity contribution in [2.45, 2.75) is 71.1 Å². The second-order valence-electron chi connectivity index (χ2n) is 9.80. The molecular weight excluding hydrogens is 418 g/mol. The van der Waals surface area contributed by atoms with Gasteiger partial charge in [-0.3, -0.25) is 0 Å². The van der Waals surface area contributed by atoms with E-state index in [2.05, 4.69) is 32.0 Å². The van der Waals surface area contributed by atoms with Crippen LogP contribution in [0.3, 0.4) is 0 Å². The third kappa shape index (κ3) is 4.53. The molecule has 0 unspecified atom stereocenters.